The molecule has 106 valence electrons. The molecule has 0 heterocycles. The van der Waals surface area contributed by atoms with Gasteiger partial charge >= 0.3 is 0 Å². The Balaban J connectivity index is 3.05. The molecule has 0 bridgehead atoms. The van der Waals surface area contributed by atoms with Crippen LogP contribution in [0.15, 0.2) is 21.5 Å². The van der Waals surface area contributed by atoms with Crippen LogP contribution in [0.25, 0.3) is 0 Å². The third kappa shape index (κ3) is 3.95. The van der Waals surface area contributed by atoms with Gasteiger partial charge in [0.25, 0.3) is 10.0 Å². The lowest BCUT2D eigenvalue weighted by atomic mass is 10.2. The lowest BCUT2D eigenvalue weighted by Gasteiger charge is -2.11. The Morgan fingerprint density at radius 1 is 1.32 bits per heavy atom. The smallest absolute Gasteiger partial charge is 0.261 e. The van der Waals surface area contributed by atoms with Crippen molar-refractivity contribution in [1.29, 1.82) is 0 Å². The third-order valence-corrected chi connectivity index (χ3v) is 4.28. The van der Waals surface area contributed by atoms with Crippen LogP contribution >= 0.6 is 15.9 Å². The Labute approximate surface area is 117 Å². The summed E-state index contributed by atoms with van der Waals surface area (Å²) in [5.41, 5.74) is 1.93. The largest absolute Gasteiger partial charge is 0.277 e. The predicted octanol–water partition coefficient (Wildman–Crippen LogP) is 1.69. The molecule has 5 nitrogen and oxygen atoms in total. The number of benzene rings is 1. The second kappa shape index (κ2) is 5.93. The number of hydrogen-bond acceptors (Lipinski definition) is 3. The number of sulfonamides is 1. The maximum Gasteiger partial charge on any atom is 0.261 e. The third-order valence-electron chi connectivity index (χ3n) is 2.06. The van der Waals surface area contributed by atoms with Crippen molar-refractivity contribution in [2.45, 2.75) is 18.7 Å². The lowest BCUT2D eigenvalue weighted by Crippen LogP contribution is -2.43. The van der Waals surface area contributed by atoms with Crippen LogP contribution in [0.1, 0.15) is 13.8 Å². The zero-order valence-electron chi connectivity index (χ0n) is 10.00. The van der Waals surface area contributed by atoms with Gasteiger partial charge in [-0.2, -0.15) is 0 Å². The molecule has 0 unspecified atom stereocenters. The maximum absolute atomic E-state index is 13.5. The van der Waals surface area contributed by atoms with E-state index >= 15 is 0 Å². The summed E-state index contributed by atoms with van der Waals surface area (Å²) in [5, 5.41) is 0. The van der Waals surface area contributed by atoms with Gasteiger partial charge in [-0.15, -0.1) is 4.83 Å². The van der Waals surface area contributed by atoms with Gasteiger partial charge in [-0.05, 0) is 22.0 Å². The quantitative estimate of drug-likeness (QED) is 0.806. The Hall–Kier alpha value is -1.06. The zero-order chi connectivity index (χ0) is 14.8. The summed E-state index contributed by atoms with van der Waals surface area (Å²) in [6, 6.07) is 1.24. The standard InChI is InChI=1S/C10H11BrF2N2O3S/c1-5(2)10(16)14-15-19(17,18)9-7(11)3-6(12)4-8(9)13/h3-5,15H,1-2H3,(H,14,16). The van der Waals surface area contributed by atoms with Gasteiger partial charge in [0.05, 0.1) is 0 Å². The highest BCUT2D eigenvalue weighted by Crippen LogP contribution is 2.25. The fourth-order valence-electron chi connectivity index (χ4n) is 1.10. The van der Waals surface area contributed by atoms with Gasteiger partial charge in [0.1, 0.15) is 16.5 Å². The molecule has 19 heavy (non-hydrogen) atoms. The van der Waals surface area contributed by atoms with E-state index in [9.17, 15) is 22.0 Å². The van der Waals surface area contributed by atoms with Crippen molar-refractivity contribution in [2.24, 2.45) is 5.92 Å². The van der Waals surface area contributed by atoms with Crippen LogP contribution in [0, 0.1) is 17.6 Å². The van der Waals surface area contributed by atoms with Crippen molar-refractivity contribution in [2.75, 3.05) is 0 Å². The SMILES string of the molecule is CC(C)C(=O)NNS(=O)(=O)c1c(F)cc(F)cc1Br. The zero-order valence-corrected chi connectivity index (χ0v) is 12.4. The molecule has 0 saturated heterocycles. The van der Waals surface area contributed by atoms with Crippen LogP contribution in [-0.2, 0) is 14.8 Å². The molecule has 0 saturated carbocycles. The van der Waals surface area contributed by atoms with Gasteiger partial charge < -0.3 is 0 Å². The Kier molecular flexibility index (Phi) is 4.99. The van der Waals surface area contributed by atoms with E-state index in [2.05, 4.69) is 15.9 Å². The van der Waals surface area contributed by atoms with Crippen LogP contribution < -0.4 is 10.3 Å². The normalized spacial score (nSPS) is 11.7. The molecular formula is C10H11BrF2N2O3S. The molecule has 0 aliphatic heterocycles. The summed E-state index contributed by atoms with van der Waals surface area (Å²) < 4.78 is 49.7. The Bertz CT molecular complexity index is 582. The first kappa shape index (κ1) is 16.0. The Morgan fingerprint density at radius 3 is 2.37 bits per heavy atom. The van der Waals surface area contributed by atoms with Gasteiger partial charge in [-0.25, -0.2) is 17.2 Å². The van der Waals surface area contributed by atoms with Gasteiger partial charge in [-0.1, -0.05) is 13.8 Å². The predicted molar refractivity (Wildman–Crippen MR) is 67.4 cm³/mol. The molecule has 0 atom stereocenters. The minimum Gasteiger partial charge on any atom is -0.277 e. The molecular weight excluding hydrogens is 346 g/mol. The molecule has 0 radical (unpaired) electrons. The molecule has 1 rings (SSSR count). The van der Waals surface area contributed by atoms with Crippen molar-refractivity contribution in [3.8, 4) is 0 Å². The van der Waals surface area contributed by atoms with Crippen molar-refractivity contribution < 1.29 is 22.0 Å². The molecule has 1 aromatic carbocycles. The van der Waals surface area contributed by atoms with Crippen LogP contribution in [-0.4, -0.2) is 14.3 Å². The van der Waals surface area contributed by atoms with Crippen molar-refractivity contribution >= 4 is 31.9 Å². The fraction of sp³-hybridized carbons (Fsp3) is 0.300. The van der Waals surface area contributed by atoms with E-state index in [1.165, 1.54) is 0 Å². The summed E-state index contributed by atoms with van der Waals surface area (Å²) in [7, 11) is -4.34. The summed E-state index contributed by atoms with van der Waals surface area (Å²) in [6.45, 7) is 3.11. The molecule has 0 aliphatic carbocycles. The van der Waals surface area contributed by atoms with Crippen molar-refractivity contribution in [1.82, 2.24) is 10.3 Å². The molecule has 0 aliphatic rings. The first-order chi connectivity index (χ1) is 8.65. The number of hydrogen-bond donors (Lipinski definition) is 2. The lowest BCUT2D eigenvalue weighted by molar-refractivity contribution is -0.124. The minimum absolute atomic E-state index is 0.281. The highest BCUT2D eigenvalue weighted by atomic mass is 79.9. The topological polar surface area (TPSA) is 75.3 Å². The molecule has 0 spiro atoms. The number of halogens is 3. The van der Waals surface area contributed by atoms with Crippen LogP contribution in [0.3, 0.4) is 0 Å². The van der Waals surface area contributed by atoms with E-state index in [1.54, 1.807) is 18.7 Å². The van der Waals surface area contributed by atoms with E-state index in [0.717, 1.165) is 6.07 Å². The molecule has 1 aromatic rings. The van der Waals surface area contributed by atoms with E-state index in [1.807, 2.05) is 5.43 Å². The molecule has 0 fully saturated rings. The van der Waals surface area contributed by atoms with E-state index < -0.39 is 38.4 Å². The minimum atomic E-state index is -4.34. The van der Waals surface area contributed by atoms with Crippen LogP contribution in [0.5, 0.6) is 0 Å². The van der Waals surface area contributed by atoms with E-state index in [0.29, 0.717) is 6.07 Å². The second-order valence-corrected chi connectivity index (χ2v) is 6.42. The van der Waals surface area contributed by atoms with Gasteiger partial charge in [0.15, 0.2) is 0 Å². The molecule has 0 aromatic heterocycles. The number of hydrazine groups is 1. The summed E-state index contributed by atoms with van der Waals surface area (Å²) >= 11 is 2.76. The van der Waals surface area contributed by atoms with Crippen LogP contribution in [0.2, 0.25) is 0 Å². The van der Waals surface area contributed by atoms with Gasteiger partial charge in [0, 0.05) is 16.5 Å². The maximum atomic E-state index is 13.5. The highest BCUT2D eigenvalue weighted by Gasteiger charge is 2.24. The number of carbonyl (C=O) groups is 1. The fourth-order valence-corrected chi connectivity index (χ4v) is 3.11. The summed E-state index contributed by atoms with van der Waals surface area (Å²) in [6.07, 6.45) is 0. The molecule has 2 N–H and O–H groups in total. The Morgan fingerprint density at radius 2 is 1.89 bits per heavy atom. The van der Waals surface area contributed by atoms with Gasteiger partial charge in [0.2, 0.25) is 5.91 Å². The average Bonchev–Trinajstić information content (AvgIpc) is 2.23. The summed E-state index contributed by atoms with van der Waals surface area (Å²) in [5.74, 6) is -3.22. The number of rotatable bonds is 4. The number of carbonyl (C=O) groups excluding carboxylic acids is 1. The van der Waals surface area contributed by atoms with Gasteiger partial charge in [-0.3, -0.25) is 10.2 Å². The first-order valence-electron chi connectivity index (χ1n) is 5.11. The monoisotopic (exact) mass is 356 g/mol. The van der Waals surface area contributed by atoms with E-state index in [4.69, 9.17) is 0 Å². The highest BCUT2D eigenvalue weighted by molar-refractivity contribution is 9.10. The average molecular weight is 357 g/mol. The van der Waals surface area contributed by atoms with Crippen LogP contribution in [0.4, 0.5) is 8.78 Å². The number of amides is 1. The van der Waals surface area contributed by atoms with Crippen molar-refractivity contribution in [3.63, 3.8) is 0 Å². The van der Waals surface area contributed by atoms with Crippen molar-refractivity contribution in [3.05, 3.63) is 28.2 Å². The number of nitrogens with one attached hydrogen (secondary N) is 2. The molecule has 1 amide bonds. The summed E-state index contributed by atoms with van der Waals surface area (Å²) in [4.78, 5) is 12.2. The first-order valence-corrected chi connectivity index (χ1v) is 7.39. The molecule has 9 heteroatoms. The second-order valence-electron chi connectivity index (χ2n) is 3.95. The van der Waals surface area contributed by atoms with E-state index in [-0.39, 0.29) is 4.47 Å².